The third-order valence-electron chi connectivity index (χ3n) is 4.72. The SMILES string of the molecule is C=CCCCCC(C)CNC(=O)/C(C)=C(\NC=NCCC(C)C)C(=C)CCC.CC.CC. The molecule has 0 saturated heterocycles. The van der Waals surface area contributed by atoms with E-state index in [0.29, 0.717) is 24.0 Å². The van der Waals surface area contributed by atoms with Gasteiger partial charge in [-0.2, -0.15) is 0 Å². The Balaban J connectivity index is -0.00000198. The van der Waals surface area contributed by atoms with Crippen LogP contribution in [0.4, 0.5) is 0 Å². The molecular formula is C28H55N3O. The van der Waals surface area contributed by atoms with Crippen LogP contribution in [-0.2, 0) is 4.79 Å². The maximum Gasteiger partial charge on any atom is 0.249 e. The summed E-state index contributed by atoms with van der Waals surface area (Å²) in [5.41, 5.74) is 2.42. The molecule has 0 aliphatic heterocycles. The van der Waals surface area contributed by atoms with Crippen LogP contribution in [0.1, 0.15) is 107 Å². The second-order valence-corrected chi connectivity index (χ2v) is 8.10. The van der Waals surface area contributed by atoms with Crippen LogP contribution in [0.25, 0.3) is 0 Å². The lowest BCUT2D eigenvalue weighted by atomic mass is 10.0. The number of hydrogen-bond donors (Lipinski definition) is 2. The third kappa shape index (κ3) is 20.1. The van der Waals surface area contributed by atoms with Crippen LogP contribution in [0, 0.1) is 11.8 Å². The normalized spacial score (nSPS) is 12.1. The van der Waals surface area contributed by atoms with E-state index < -0.39 is 0 Å². The van der Waals surface area contributed by atoms with Crippen molar-refractivity contribution < 1.29 is 4.79 Å². The van der Waals surface area contributed by atoms with Gasteiger partial charge in [-0.25, -0.2) is 0 Å². The van der Waals surface area contributed by atoms with Gasteiger partial charge in [0.05, 0.1) is 12.0 Å². The van der Waals surface area contributed by atoms with Crippen LogP contribution in [0.2, 0.25) is 0 Å². The van der Waals surface area contributed by atoms with Crippen LogP contribution < -0.4 is 10.6 Å². The highest BCUT2D eigenvalue weighted by atomic mass is 16.1. The fraction of sp³-hybridized carbons (Fsp3) is 0.714. The predicted octanol–water partition coefficient (Wildman–Crippen LogP) is 7.83. The molecule has 0 aliphatic rings. The number of amides is 1. The van der Waals surface area contributed by atoms with E-state index in [-0.39, 0.29) is 5.91 Å². The largest absolute Gasteiger partial charge is 0.352 e. The van der Waals surface area contributed by atoms with Gasteiger partial charge >= 0.3 is 0 Å². The van der Waals surface area contributed by atoms with Crippen molar-refractivity contribution in [3.8, 4) is 0 Å². The Labute approximate surface area is 201 Å². The molecule has 0 spiro atoms. The first-order valence-electron chi connectivity index (χ1n) is 12.9. The van der Waals surface area contributed by atoms with Gasteiger partial charge in [0.15, 0.2) is 0 Å². The van der Waals surface area contributed by atoms with Gasteiger partial charge in [-0.05, 0) is 56.4 Å². The number of rotatable bonds is 16. The second kappa shape index (κ2) is 25.4. The minimum atomic E-state index is -0.0340. The van der Waals surface area contributed by atoms with Gasteiger partial charge in [-0.3, -0.25) is 9.79 Å². The molecule has 1 atom stereocenters. The average Bonchev–Trinajstić information content (AvgIpc) is 2.79. The summed E-state index contributed by atoms with van der Waals surface area (Å²) >= 11 is 0. The number of nitrogens with one attached hydrogen (secondary N) is 2. The lowest BCUT2D eigenvalue weighted by Gasteiger charge is -2.16. The monoisotopic (exact) mass is 449 g/mol. The van der Waals surface area contributed by atoms with Gasteiger partial charge in [0.25, 0.3) is 0 Å². The Morgan fingerprint density at radius 3 is 2.22 bits per heavy atom. The van der Waals surface area contributed by atoms with E-state index in [1.54, 1.807) is 6.34 Å². The molecule has 2 N–H and O–H groups in total. The van der Waals surface area contributed by atoms with Crippen molar-refractivity contribution in [1.29, 1.82) is 0 Å². The molecule has 32 heavy (non-hydrogen) atoms. The van der Waals surface area contributed by atoms with Gasteiger partial charge in [0.2, 0.25) is 5.91 Å². The molecule has 188 valence electrons. The fourth-order valence-electron chi connectivity index (χ4n) is 2.81. The number of carbonyl (C=O) groups is 1. The van der Waals surface area contributed by atoms with Crippen molar-refractivity contribution >= 4 is 12.2 Å². The lowest BCUT2D eigenvalue weighted by molar-refractivity contribution is -0.117. The second-order valence-electron chi connectivity index (χ2n) is 8.10. The van der Waals surface area contributed by atoms with Gasteiger partial charge in [0, 0.05) is 18.7 Å². The zero-order valence-corrected chi connectivity index (χ0v) is 22.9. The summed E-state index contributed by atoms with van der Waals surface area (Å²) in [4.78, 5) is 17.1. The van der Waals surface area contributed by atoms with E-state index >= 15 is 0 Å². The maximum atomic E-state index is 12.6. The van der Waals surface area contributed by atoms with Gasteiger partial charge in [0.1, 0.15) is 0 Å². The van der Waals surface area contributed by atoms with Crippen molar-refractivity contribution in [3.63, 3.8) is 0 Å². The molecule has 1 amide bonds. The van der Waals surface area contributed by atoms with E-state index in [1.165, 1.54) is 12.8 Å². The zero-order chi connectivity index (χ0) is 25.4. The van der Waals surface area contributed by atoms with Gasteiger partial charge in [-0.15, -0.1) is 6.58 Å². The molecule has 0 aliphatic carbocycles. The highest BCUT2D eigenvalue weighted by Gasteiger charge is 2.13. The molecule has 0 aromatic carbocycles. The summed E-state index contributed by atoms with van der Waals surface area (Å²) in [7, 11) is 0. The van der Waals surface area contributed by atoms with Crippen LogP contribution in [-0.4, -0.2) is 25.3 Å². The van der Waals surface area contributed by atoms with Crippen molar-refractivity contribution in [2.24, 2.45) is 16.8 Å². The number of nitrogens with zero attached hydrogens (tertiary/aromatic N) is 1. The Morgan fingerprint density at radius 1 is 1.06 bits per heavy atom. The quantitative estimate of drug-likeness (QED) is 0.0630. The number of carbonyl (C=O) groups excluding carboxylic acids is 1. The van der Waals surface area contributed by atoms with Crippen LogP contribution in [0.3, 0.4) is 0 Å². The first-order chi connectivity index (χ1) is 15.3. The van der Waals surface area contributed by atoms with Crippen LogP contribution in [0.15, 0.2) is 41.1 Å². The molecule has 0 aromatic rings. The Bertz CT molecular complexity index is 533. The standard InChI is InChI=1S/C24H43N3O.2C2H6/c1-8-10-11-12-14-20(5)17-26-24(28)22(7)23(21(6)13-9-2)27-18-25-16-15-19(3)4;2*1-2/h8,18-20H,1,6,9-17H2,2-5,7H3,(H,25,27)(H,26,28);2*1-2H3/b23-22-;;. The Hall–Kier alpha value is -1.84. The van der Waals surface area contributed by atoms with E-state index in [4.69, 9.17) is 0 Å². The fourth-order valence-corrected chi connectivity index (χ4v) is 2.81. The number of hydrogen-bond acceptors (Lipinski definition) is 2. The first-order valence-corrected chi connectivity index (χ1v) is 12.9. The highest BCUT2D eigenvalue weighted by molar-refractivity contribution is 5.94. The molecule has 1 unspecified atom stereocenters. The smallest absolute Gasteiger partial charge is 0.249 e. The summed E-state index contributed by atoms with van der Waals surface area (Å²) in [6.45, 7) is 27.9. The minimum Gasteiger partial charge on any atom is -0.352 e. The summed E-state index contributed by atoms with van der Waals surface area (Å²) < 4.78 is 0. The van der Waals surface area contributed by atoms with Gasteiger partial charge < -0.3 is 10.6 Å². The maximum absolute atomic E-state index is 12.6. The van der Waals surface area contributed by atoms with E-state index in [9.17, 15) is 4.79 Å². The summed E-state index contributed by atoms with van der Waals surface area (Å²) in [5, 5.41) is 6.29. The molecule has 4 heteroatoms. The van der Waals surface area contributed by atoms with Gasteiger partial charge in [-0.1, -0.05) is 80.9 Å². The molecule has 0 rings (SSSR count). The summed E-state index contributed by atoms with van der Waals surface area (Å²) in [6, 6.07) is 0. The molecular weight excluding hydrogens is 394 g/mol. The molecule has 0 aromatic heterocycles. The van der Waals surface area contributed by atoms with E-state index in [1.807, 2.05) is 40.7 Å². The molecule has 4 nitrogen and oxygen atoms in total. The molecule has 0 bridgehead atoms. The zero-order valence-electron chi connectivity index (χ0n) is 22.9. The topological polar surface area (TPSA) is 53.5 Å². The van der Waals surface area contributed by atoms with E-state index in [2.05, 4.69) is 56.5 Å². The van der Waals surface area contributed by atoms with E-state index in [0.717, 1.165) is 49.9 Å². The highest BCUT2D eigenvalue weighted by Crippen LogP contribution is 2.16. The Morgan fingerprint density at radius 2 is 1.69 bits per heavy atom. The van der Waals surface area contributed by atoms with Crippen LogP contribution >= 0.6 is 0 Å². The van der Waals surface area contributed by atoms with Crippen molar-refractivity contribution in [2.75, 3.05) is 13.1 Å². The van der Waals surface area contributed by atoms with Crippen molar-refractivity contribution in [1.82, 2.24) is 10.6 Å². The minimum absolute atomic E-state index is 0.0340. The molecule has 0 fully saturated rings. The Kier molecular flexibility index (Phi) is 27.6. The third-order valence-corrected chi connectivity index (χ3v) is 4.72. The molecule has 0 saturated carbocycles. The number of aliphatic imine (C=N–C) groups is 1. The molecule has 0 radical (unpaired) electrons. The average molecular weight is 450 g/mol. The lowest BCUT2D eigenvalue weighted by Crippen LogP contribution is -2.31. The van der Waals surface area contributed by atoms with Crippen molar-refractivity contribution in [3.05, 3.63) is 36.1 Å². The predicted molar refractivity (Wildman–Crippen MR) is 146 cm³/mol. The molecule has 0 heterocycles. The summed E-state index contributed by atoms with van der Waals surface area (Å²) in [6.07, 6.45) is 11.1. The number of allylic oxidation sites excluding steroid dienone is 2. The summed E-state index contributed by atoms with van der Waals surface area (Å²) in [5.74, 6) is 1.07. The van der Waals surface area contributed by atoms with Crippen molar-refractivity contribution in [2.45, 2.75) is 107 Å². The first kappa shape index (κ1) is 34.8. The van der Waals surface area contributed by atoms with Crippen LogP contribution in [0.5, 0.6) is 0 Å². The number of unbranched alkanes of at least 4 members (excludes halogenated alkanes) is 2.